The smallest absolute Gasteiger partial charge is 0.129 e. The van der Waals surface area contributed by atoms with E-state index < -0.39 is 0 Å². The summed E-state index contributed by atoms with van der Waals surface area (Å²) in [6, 6.07) is 0. The number of hydrogen-bond acceptors (Lipinski definition) is 1. The second-order valence-corrected chi connectivity index (χ2v) is 2.76. The molecule has 0 rings (SSSR count). The summed E-state index contributed by atoms with van der Waals surface area (Å²) in [5.74, 6) is 0.255. The standard InChI is InChI=1S/C6H14.C4H8O.C2H6/c1-3-5-6-4-2;1-3-4(2)5;1-2/h3-6H2,1-2H3;3H2,1-2H3;1-2H3. The Morgan fingerprint density at radius 2 is 1.15 bits per heavy atom. The number of Topliss-reactive ketones (excluding diaryl/α,β-unsaturated/α-hetero) is 1. The molecule has 0 aromatic rings. The predicted molar refractivity (Wildman–Crippen MR) is 62.1 cm³/mol. The van der Waals surface area contributed by atoms with Gasteiger partial charge in [-0.2, -0.15) is 0 Å². The van der Waals surface area contributed by atoms with Crippen LogP contribution >= 0.6 is 0 Å². The van der Waals surface area contributed by atoms with Gasteiger partial charge >= 0.3 is 0 Å². The maximum absolute atomic E-state index is 9.81. The molecule has 13 heavy (non-hydrogen) atoms. The topological polar surface area (TPSA) is 17.1 Å². The predicted octanol–water partition coefficient (Wildman–Crippen LogP) is 4.60. The number of ketones is 1. The van der Waals surface area contributed by atoms with Crippen molar-refractivity contribution in [1.82, 2.24) is 0 Å². The average Bonchev–Trinajstić information content (AvgIpc) is 2.18. The SMILES string of the molecule is CC.CCC(C)=O.CCCCCC. The molecule has 0 saturated carbocycles. The highest BCUT2D eigenvalue weighted by Gasteiger charge is 1.77. The fraction of sp³-hybridized carbons (Fsp3) is 0.917. The lowest BCUT2D eigenvalue weighted by atomic mass is 10.2. The molecule has 1 nitrogen and oxygen atoms in total. The third kappa shape index (κ3) is 50.0. The molecule has 0 aromatic carbocycles. The van der Waals surface area contributed by atoms with Crippen molar-refractivity contribution in [3.05, 3.63) is 0 Å². The van der Waals surface area contributed by atoms with Gasteiger partial charge in [0.05, 0.1) is 0 Å². The van der Waals surface area contributed by atoms with E-state index in [1.165, 1.54) is 25.7 Å². The largest absolute Gasteiger partial charge is 0.300 e. The van der Waals surface area contributed by atoms with Gasteiger partial charge in [0.2, 0.25) is 0 Å². The van der Waals surface area contributed by atoms with Gasteiger partial charge in [0.1, 0.15) is 5.78 Å². The molecule has 0 atom stereocenters. The van der Waals surface area contributed by atoms with E-state index in [9.17, 15) is 4.79 Å². The fourth-order valence-electron chi connectivity index (χ4n) is 0.500. The molecule has 1 heteroatoms. The Morgan fingerprint density at radius 1 is 0.923 bits per heavy atom. The summed E-state index contributed by atoms with van der Waals surface area (Å²) in [5, 5.41) is 0. The lowest BCUT2D eigenvalue weighted by Gasteiger charge is -1.86. The molecular formula is C12H28O. The third-order valence-corrected chi connectivity index (χ3v) is 1.45. The summed E-state index contributed by atoms with van der Waals surface area (Å²) < 4.78 is 0. The fourth-order valence-corrected chi connectivity index (χ4v) is 0.500. The molecule has 0 spiro atoms. The van der Waals surface area contributed by atoms with Gasteiger partial charge in [-0.15, -0.1) is 0 Å². The number of hydrogen-bond donors (Lipinski definition) is 0. The van der Waals surface area contributed by atoms with Crippen molar-refractivity contribution >= 4 is 5.78 Å². The van der Waals surface area contributed by atoms with Gasteiger partial charge in [-0.05, 0) is 6.92 Å². The summed E-state index contributed by atoms with van der Waals surface area (Å²) in [4.78, 5) is 9.81. The molecule has 0 aromatic heterocycles. The van der Waals surface area contributed by atoms with E-state index in [1.54, 1.807) is 6.92 Å². The van der Waals surface area contributed by atoms with Crippen LogP contribution in [-0.2, 0) is 4.79 Å². The number of carbonyl (C=O) groups excluding carboxylic acids is 1. The van der Waals surface area contributed by atoms with Crippen LogP contribution in [0, 0.1) is 0 Å². The second kappa shape index (κ2) is 22.6. The van der Waals surface area contributed by atoms with Crippen molar-refractivity contribution in [2.24, 2.45) is 0 Å². The Morgan fingerprint density at radius 3 is 1.23 bits per heavy atom. The van der Waals surface area contributed by atoms with Crippen LogP contribution in [0.5, 0.6) is 0 Å². The normalized spacial score (nSPS) is 7.54. The Bertz CT molecular complexity index is 73.2. The summed E-state index contributed by atoms with van der Waals surface area (Å²) in [6.45, 7) is 11.9. The highest BCUT2D eigenvalue weighted by atomic mass is 16.1. The first-order valence-electron chi connectivity index (χ1n) is 5.68. The van der Waals surface area contributed by atoms with Crippen LogP contribution < -0.4 is 0 Å². The monoisotopic (exact) mass is 188 g/mol. The van der Waals surface area contributed by atoms with Gasteiger partial charge < -0.3 is 4.79 Å². The van der Waals surface area contributed by atoms with Crippen molar-refractivity contribution in [3.8, 4) is 0 Å². The van der Waals surface area contributed by atoms with E-state index in [2.05, 4.69) is 13.8 Å². The molecule has 0 aliphatic carbocycles. The van der Waals surface area contributed by atoms with Gasteiger partial charge in [0, 0.05) is 6.42 Å². The molecule has 82 valence electrons. The quantitative estimate of drug-likeness (QED) is 0.589. The Kier molecular flexibility index (Phi) is 32.1. The van der Waals surface area contributed by atoms with Crippen LogP contribution in [0.1, 0.15) is 73.6 Å². The Hall–Kier alpha value is -0.330. The molecule has 0 radical (unpaired) electrons. The van der Waals surface area contributed by atoms with E-state index in [4.69, 9.17) is 0 Å². The minimum atomic E-state index is 0.255. The van der Waals surface area contributed by atoms with Crippen LogP contribution in [0.15, 0.2) is 0 Å². The van der Waals surface area contributed by atoms with Crippen LogP contribution in [-0.4, -0.2) is 5.78 Å². The van der Waals surface area contributed by atoms with Crippen molar-refractivity contribution in [1.29, 1.82) is 0 Å². The highest BCUT2D eigenvalue weighted by molar-refractivity contribution is 5.74. The van der Waals surface area contributed by atoms with E-state index in [0.29, 0.717) is 6.42 Å². The Labute approximate surface area is 84.9 Å². The summed E-state index contributed by atoms with van der Waals surface area (Å²) in [7, 11) is 0. The highest BCUT2D eigenvalue weighted by Crippen LogP contribution is 1.95. The zero-order chi connectivity index (χ0) is 11.1. The number of rotatable bonds is 4. The Balaban J connectivity index is -0.000000131. The lowest BCUT2D eigenvalue weighted by Crippen LogP contribution is -1.80. The first-order valence-corrected chi connectivity index (χ1v) is 5.68. The van der Waals surface area contributed by atoms with Crippen molar-refractivity contribution in [3.63, 3.8) is 0 Å². The zero-order valence-corrected chi connectivity index (χ0v) is 10.4. The zero-order valence-electron chi connectivity index (χ0n) is 10.4. The average molecular weight is 188 g/mol. The first-order chi connectivity index (χ1) is 6.18. The van der Waals surface area contributed by atoms with Crippen molar-refractivity contribution in [2.75, 3.05) is 0 Å². The van der Waals surface area contributed by atoms with Crippen LogP contribution in [0.25, 0.3) is 0 Å². The molecule has 0 heterocycles. The molecule has 0 unspecified atom stereocenters. The van der Waals surface area contributed by atoms with E-state index >= 15 is 0 Å². The van der Waals surface area contributed by atoms with Gasteiger partial charge in [-0.1, -0.05) is 60.3 Å². The van der Waals surface area contributed by atoms with Crippen molar-refractivity contribution < 1.29 is 4.79 Å². The van der Waals surface area contributed by atoms with E-state index in [-0.39, 0.29) is 5.78 Å². The molecule has 0 aliphatic rings. The van der Waals surface area contributed by atoms with E-state index in [1.807, 2.05) is 20.8 Å². The number of carbonyl (C=O) groups is 1. The summed E-state index contributed by atoms with van der Waals surface area (Å²) in [6.07, 6.45) is 6.20. The van der Waals surface area contributed by atoms with Gasteiger partial charge in [-0.25, -0.2) is 0 Å². The van der Waals surface area contributed by atoms with Crippen LogP contribution in [0.3, 0.4) is 0 Å². The van der Waals surface area contributed by atoms with Crippen LogP contribution in [0.2, 0.25) is 0 Å². The van der Waals surface area contributed by atoms with Crippen LogP contribution in [0.4, 0.5) is 0 Å². The minimum Gasteiger partial charge on any atom is -0.300 e. The summed E-state index contributed by atoms with van der Waals surface area (Å²) in [5.41, 5.74) is 0. The molecule has 0 fully saturated rings. The molecule has 0 aliphatic heterocycles. The molecular weight excluding hydrogens is 160 g/mol. The molecule has 0 bridgehead atoms. The van der Waals surface area contributed by atoms with Gasteiger partial charge in [0.15, 0.2) is 0 Å². The minimum absolute atomic E-state index is 0.255. The van der Waals surface area contributed by atoms with Gasteiger partial charge in [0.25, 0.3) is 0 Å². The maximum Gasteiger partial charge on any atom is 0.129 e. The first kappa shape index (κ1) is 18.5. The third-order valence-electron chi connectivity index (χ3n) is 1.45. The summed E-state index contributed by atoms with van der Waals surface area (Å²) >= 11 is 0. The second-order valence-electron chi connectivity index (χ2n) is 2.76. The molecule has 0 amide bonds. The molecule has 0 N–H and O–H groups in total. The number of unbranched alkanes of at least 4 members (excludes halogenated alkanes) is 3. The van der Waals surface area contributed by atoms with Crippen molar-refractivity contribution in [2.45, 2.75) is 73.6 Å². The maximum atomic E-state index is 9.81. The van der Waals surface area contributed by atoms with E-state index in [0.717, 1.165) is 0 Å². The lowest BCUT2D eigenvalue weighted by molar-refractivity contribution is -0.116. The molecule has 0 saturated heterocycles. The van der Waals surface area contributed by atoms with Gasteiger partial charge in [-0.3, -0.25) is 0 Å².